The van der Waals surface area contributed by atoms with Gasteiger partial charge in [0.05, 0.1) is 0 Å². The van der Waals surface area contributed by atoms with Crippen molar-refractivity contribution in [1.82, 2.24) is 4.90 Å². The predicted octanol–water partition coefficient (Wildman–Crippen LogP) is 3.18. The first-order valence-corrected chi connectivity index (χ1v) is 6.42. The summed E-state index contributed by atoms with van der Waals surface area (Å²) >= 11 is 0. The largest absolute Gasteiger partial charge is 0.404 e. The number of benzene rings is 1. The molecule has 1 unspecified atom stereocenters. The van der Waals surface area contributed by atoms with Gasteiger partial charge in [0.2, 0.25) is 0 Å². The standard InChI is InChI=1S/C14H21F3N2/c1-11(2)19(10-12-6-4-3-5-7-12)13(8-9-18)14(15,16)17/h3-7,11,13H,8-10,18H2,1-2H3. The first kappa shape index (κ1) is 16.0. The molecule has 0 amide bonds. The summed E-state index contributed by atoms with van der Waals surface area (Å²) in [6.07, 6.45) is -4.33. The fraction of sp³-hybridized carbons (Fsp3) is 0.571. The molecule has 0 saturated heterocycles. The maximum Gasteiger partial charge on any atom is 0.404 e. The van der Waals surface area contributed by atoms with Gasteiger partial charge in [-0.15, -0.1) is 0 Å². The molecule has 19 heavy (non-hydrogen) atoms. The molecule has 0 bridgehead atoms. The van der Waals surface area contributed by atoms with E-state index in [4.69, 9.17) is 5.73 Å². The molecule has 0 aliphatic rings. The molecule has 0 aliphatic heterocycles. The third-order valence-electron chi connectivity index (χ3n) is 3.09. The fourth-order valence-electron chi connectivity index (χ4n) is 2.12. The highest BCUT2D eigenvalue weighted by Gasteiger charge is 2.43. The molecule has 1 rings (SSSR count). The van der Waals surface area contributed by atoms with E-state index in [1.165, 1.54) is 4.90 Å². The van der Waals surface area contributed by atoms with Crippen LogP contribution in [-0.4, -0.2) is 29.7 Å². The minimum Gasteiger partial charge on any atom is -0.330 e. The lowest BCUT2D eigenvalue weighted by molar-refractivity contribution is -0.191. The second-order valence-corrected chi connectivity index (χ2v) is 4.89. The Hall–Kier alpha value is -1.07. The van der Waals surface area contributed by atoms with E-state index >= 15 is 0 Å². The monoisotopic (exact) mass is 274 g/mol. The van der Waals surface area contributed by atoms with E-state index in [0.29, 0.717) is 0 Å². The molecule has 0 heterocycles. The maximum atomic E-state index is 13.1. The third kappa shape index (κ3) is 4.84. The van der Waals surface area contributed by atoms with E-state index < -0.39 is 12.2 Å². The average Bonchev–Trinajstić information content (AvgIpc) is 2.33. The number of nitrogens with two attached hydrogens (primary N) is 1. The van der Waals surface area contributed by atoms with Crippen molar-refractivity contribution in [2.75, 3.05) is 6.54 Å². The first-order valence-electron chi connectivity index (χ1n) is 6.42. The lowest BCUT2D eigenvalue weighted by Crippen LogP contribution is -2.49. The van der Waals surface area contributed by atoms with Crippen LogP contribution in [0.5, 0.6) is 0 Å². The Morgan fingerprint density at radius 2 is 1.74 bits per heavy atom. The SMILES string of the molecule is CC(C)N(Cc1ccccc1)C(CCN)C(F)(F)F. The summed E-state index contributed by atoms with van der Waals surface area (Å²) in [7, 11) is 0. The molecule has 1 aromatic carbocycles. The van der Waals surface area contributed by atoms with E-state index in [9.17, 15) is 13.2 Å². The zero-order valence-corrected chi connectivity index (χ0v) is 11.3. The topological polar surface area (TPSA) is 29.3 Å². The number of hydrogen-bond donors (Lipinski definition) is 1. The molecular weight excluding hydrogens is 253 g/mol. The average molecular weight is 274 g/mol. The number of hydrogen-bond acceptors (Lipinski definition) is 2. The molecule has 108 valence electrons. The second-order valence-electron chi connectivity index (χ2n) is 4.89. The van der Waals surface area contributed by atoms with Crippen molar-refractivity contribution < 1.29 is 13.2 Å². The van der Waals surface area contributed by atoms with Crippen LogP contribution in [0.2, 0.25) is 0 Å². The molecule has 1 aromatic rings. The highest BCUT2D eigenvalue weighted by Crippen LogP contribution is 2.29. The van der Waals surface area contributed by atoms with Crippen molar-refractivity contribution in [2.45, 2.75) is 45.1 Å². The Morgan fingerprint density at radius 3 is 2.16 bits per heavy atom. The van der Waals surface area contributed by atoms with E-state index in [2.05, 4.69) is 0 Å². The van der Waals surface area contributed by atoms with Gasteiger partial charge in [-0.3, -0.25) is 4.90 Å². The van der Waals surface area contributed by atoms with Crippen LogP contribution < -0.4 is 5.73 Å². The molecule has 0 spiro atoms. The van der Waals surface area contributed by atoms with Gasteiger partial charge < -0.3 is 5.73 Å². The van der Waals surface area contributed by atoms with E-state index in [-0.39, 0.29) is 25.6 Å². The molecule has 0 aliphatic carbocycles. The second kappa shape index (κ2) is 6.91. The van der Waals surface area contributed by atoms with Gasteiger partial charge in [-0.2, -0.15) is 13.2 Å². The molecule has 0 radical (unpaired) electrons. The first-order chi connectivity index (χ1) is 8.86. The van der Waals surface area contributed by atoms with Crippen molar-refractivity contribution in [3.05, 3.63) is 35.9 Å². The molecule has 1 atom stereocenters. The molecular formula is C14H21F3N2. The smallest absolute Gasteiger partial charge is 0.330 e. The van der Waals surface area contributed by atoms with Crippen LogP contribution in [0.25, 0.3) is 0 Å². The maximum absolute atomic E-state index is 13.1. The van der Waals surface area contributed by atoms with Gasteiger partial charge in [-0.1, -0.05) is 30.3 Å². The van der Waals surface area contributed by atoms with Crippen LogP contribution in [0.15, 0.2) is 30.3 Å². The number of rotatable bonds is 6. The van der Waals surface area contributed by atoms with Gasteiger partial charge in [0.1, 0.15) is 6.04 Å². The van der Waals surface area contributed by atoms with E-state index in [1.54, 1.807) is 13.8 Å². The van der Waals surface area contributed by atoms with E-state index in [1.807, 2.05) is 30.3 Å². The lowest BCUT2D eigenvalue weighted by Gasteiger charge is -2.36. The minimum atomic E-state index is -4.25. The Bertz CT molecular complexity index is 363. The van der Waals surface area contributed by atoms with Crippen LogP contribution in [0.1, 0.15) is 25.8 Å². The fourth-order valence-corrected chi connectivity index (χ4v) is 2.12. The van der Waals surface area contributed by atoms with Crippen LogP contribution in [0.3, 0.4) is 0 Å². The highest BCUT2D eigenvalue weighted by atomic mass is 19.4. The van der Waals surface area contributed by atoms with Crippen LogP contribution >= 0.6 is 0 Å². The van der Waals surface area contributed by atoms with Crippen molar-refractivity contribution in [3.8, 4) is 0 Å². The predicted molar refractivity (Wildman–Crippen MR) is 70.6 cm³/mol. The van der Waals surface area contributed by atoms with Gasteiger partial charge >= 0.3 is 6.18 Å². The summed E-state index contributed by atoms with van der Waals surface area (Å²) in [4.78, 5) is 1.46. The van der Waals surface area contributed by atoms with Crippen molar-refractivity contribution >= 4 is 0 Å². The quantitative estimate of drug-likeness (QED) is 0.863. The summed E-state index contributed by atoms with van der Waals surface area (Å²) in [5.74, 6) is 0. The van der Waals surface area contributed by atoms with Crippen molar-refractivity contribution in [3.63, 3.8) is 0 Å². The normalized spacial score (nSPS) is 14.1. The Balaban J connectivity index is 2.91. The summed E-state index contributed by atoms with van der Waals surface area (Å²) in [6.45, 7) is 3.86. The summed E-state index contributed by atoms with van der Waals surface area (Å²) in [5, 5.41) is 0. The minimum absolute atomic E-state index is 0.0299. The van der Waals surface area contributed by atoms with Crippen molar-refractivity contribution in [1.29, 1.82) is 0 Å². The molecule has 5 heteroatoms. The van der Waals surface area contributed by atoms with E-state index in [0.717, 1.165) is 5.56 Å². The number of halogens is 3. The summed E-state index contributed by atoms with van der Waals surface area (Å²) < 4.78 is 39.4. The van der Waals surface area contributed by atoms with Gasteiger partial charge in [-0.25, -0.2) is 0 Å². The van der Waals surface area contributed by atoms with Crippen LogP contribution in [0.4, 0.5) is 13.2 Å². The Morgan fingerprint density at radius 1 is 1.16 bits per heavy atom. The van der Waals surface area contributed by atoms with Gasteiger partial charge in [0.15, 0.2) is 0 Å². The Labute approximate surface area is 112 Å². The van der Waals surface area contributed by atoms with Gasteiger partial charge in [-0.05, 0) is 32.4 Å². The molecule has 2 N–H and O–H groups in total. The zero-order valence-electron chi connectivity index (χ0n) is 11.3. The van der Waals surface area contributed by atoms with Crippen LogP contribution in [0, 0.1) is 0 Å². The molecule has 2 nitrogen and oxygen atoms in total. The summed E-state index contributed by atoms with van der Waals surface area (Å²) in [6, 6.07) is 7.51. The molecule has 0 aromatic heterocycles. The van der Waals surface area contributed by atoms with Crippen molar-refractivity contribution in [2.24, 2.45) is 5.73 Å². The highest BCUT2D eigenvalue weighted by molar-refractivity contribution is 5.14. The lowest BCUT2D eigenvalue weighted by atomic mass is 10.1. The number of nitrogens with zero attached hydrogens (tertiary/aromatic N) is 1. The van der Waals surface area contributed by atoms with Gasteiger partial charge in [0.25, 0.3) is 0 Å². The van der Waals surface area contributed by atoms with Gasteiger partial charge in [0, 0.05) is 12.6 Å². The molecule has 0 saturated carbocycles. The third-order valence-corrected chi connectivity index (χ3v) is 3.09. The number of alkyl halides is 3. The molecule has 0 fully saturated rings. The summed E-state index contributed by atoms with van der Waals surface area (Å²) in [5.41, 5.74) is 6.21. The van der Waals surface area contributed by atoms with Crippen LogP contribution in [-0.2, 0) is 6.54 Å². The zero-order chi connectivity index (χ0) is 14.5. The Kier molecular flexibility index (Phi) is 5.82.